The second kappa shape index (κ2) is 7.25. The van der Waals surface area contributed by atoms with Crippen molar-refractivity contribution in [2.75, 3.05) is 13.1 Å². The summed E-state index contributed by atoms with van der Waals surface area (Å²) in [6.07, 6.45) is 9.22. The van der Waals surface area contributed by atoms with E-state index in [1.165, 1.54) is 25.7 Å². The van der Waals surface area contributed by atoms with Gasteiger partial charge in [-0.1, -0.05) is 34.7 Å². The van der Waals surface area contributed by atoms with Gasteiger partial charge in [-0.2, -0.15) is 17.7 Å². The fourth-order valence-corrected chi connectivity index (χ4v) is 4.43. The molecule has 23 heavy (non-hydrogen) atoms. The number of nitrogens with zero attached hydrogens (tertiary/aromatic N) is 3. The molecule has 0 spiro atoms. The molecule has 2 fully saturated rings. The van der Waals surface area contributed by atoms with E-state index < -0.39 is 10.4 Å². The van der Waals surface area contributed by atoms with Crippen LogP contribution in [-0.4, -0.2) is 36.0 Å². The SMILES string of the molecule is O=S(=O)(F)N1CCCC(Cc2nc(C3CCCCCC3)no2)C1. The number of rotatable bonds is 4. The molecule has 2 aliphatic rings. The van der Waals surface area contributed by atoms with Crippen molar-refractivity contribution in [1.29, 1.82) is 0 Å². The Morgan fingerprint density at radius 2 is 1.87 bits per heavy atom. The van der Waals surface area contributed by atoms with E-state index in [2.05, 4.69) is 10.1 Å². The van der Waals surface area contributed by atoms with Gasteiger partial charge in [0.2, 0.25) is 5.89 Å². The van der Waals surface area contributed by atoms with Crippen LogP contribution < -0.4 is 0 Å². The molecule has 2 heterocycles. The van der Waals surface area contributed by atoms with Gasteiger partial charge in [0, 0.05) is 25.4 Å². The van der Waals surface area contributed by atoms with Gasteiger partial charge in [-0.05, 0) is 31.6 Å². The van der Waals surface area contributed by atoms with Gasteiger partial charge in [0.05, 0.1) is 0 Å². The summed E-state index contributed by atoms with van der Waals surface area (Å²) in [6, 6.07) is 0. The molecule has 0 N–H and O–H groups in total. The first-order valence-electron chi connectivity index (χ1n) is 8.54. The summed E-state index contributed by atoms with van der Waals surface area (Å²) in [7, 11) is -4.60. The molecule has 1 aliphatic heterocycles. The van der Waals surface area contributed by atoms with Gasteiger partial charge in [-0.15, -0.1) is 0 Å². The smallest absolute Gasteiger partial charge is 0.339 e. The Balaban J connectivity index is 1.60. The van der Waals surface area contributed by atoms with Crippen molar-refractivity contribution in [1.82, 2.24) is 14.4 Å². The first kappa shape index (κ1) is 16.8. The van der Waals surface area contributed by atoms with Gasteiger partial charge >= 0.3 is 10.4 Å². The van der Waals surface area contributed by atoms with Crippen molar-refractivity contribution < 1.29 is 16.8 Å². The first-order valence-corrected chi connectivity index (χ1v) is 9.88. The van der Waals surface area contributed by atoms with E-state index in [1.807, 2.05) is 0 Å². The normalized spacial score (nSPS) is 25.3. The molecule has 1 atom stereocenters. The topological polar surface area (TPSA) is 76.3 Å². The van der Waals surface area contributed by atoms with Crippen LogP contribution in [-0.2, 0) is 16.8 Å². The summed E-state index contributed by atoms with van der Waals surface area (Å²) in [5.74, 6) is 1.75. The van der Waals surface area contributed by atoms with Crippen molar-refractivity contribution >= 4 is 10.4 Å². The summed E-state index contributed by atoms with van der Waals surface area (Å²) in [4.78, 5) is 4.52. The lowest BCUT2D eigenvalue weighted by molar-refractivity contribution is 0.239. The maximum Gasteiger partial charge on any atom is 0.374 e. The standard InChI is InChI=1S/C15H24FN3O3S/c16-23(20,21)19-9-5-6-12(11-19)10-14-17-15(18-22-14)13-7-3-1-2-4-8-13/h12-13H,1-11H2. The van der Waals surface area contributed by atoms with Crippen LogP contribution in [0.4, 0.5) is 3.89 Å². The minimum absolute atomic E-state index is 0.0386. The molecule has 1 aliphatic carbocycles. The molecule has 130 valence electrons. The molecule has 0 aromatic carbocycles. The highest BCUT2D eigenvalue weighted by Gasteiger charge is 2.30. The molecule has 1 saturated heterocycles. The first-order chi connectivity index (χ1) is 11.0. The largest absolute Gasteiger partial charge is 0.374 e. The fraction of sp³-hybridized carbons (Fsp3) is 0.867. The molecular formula is C15H24FN3O3S. The molecule has 0 radical (unpaired) electrons. The van der Waals surface area contributed by atoms with Gasteiger partial charge < -0.3 is 4.52 Å². The van der Waals surface area contributed by atoms with E-state index in [9.17, 15) is 12.3 Å². The zero-order valence-corrected chi connectivity index (χ0v) is 14.1. The van der Waals surface area contributed by atoms with Crippen LogP contribution in [0.1, 0.15) is 69.0 Å². The van der Waals surface area contributed by atoms with Crippen LogP contribution in [0.25, 0.3) is 0 Å². The Morgan fingerprint density at radius 3 is 2.57 bits per heavy atom. The second-order valence-corrected chi connectivity index (χ2v) is 8.09. The lowest BCUT2D eigenvalue weighted by atomic mass is 9.96. The molecule has 1 aromatic heterocycles. The Hall–Kier alpha value is -1.02. The van der Waals surface area contributed by atoms with Crippen LogP contribution in [0, 0.1) is 5.92 Å². The van der Waals surface area contributed by atoms with E-state index in [4.69, 9.17) is 4.52 Å². The van der Waals surface area contributed by atoms with Crippen LogP contribution in [0.5, 0.6) is 0 Å². The second-order valence-electron chi connectivity index (χ2n) is 6.75. The van der Waals surface area contributed by atoms with Gasteiger partial charge in [-0.25, -0.2) is 0 Å². The van der Waals surface area contributed by atoms with Gasteiger partial charge in [0.1, 0.15) is 0 Å². The van der Waals surface area contributed by atoms with Gasteiger partial charge in [-0.3, -0.25) is 0 Å². The highest BCUT2D eigenvalue weighted by molar-refractivity contribution is 7.83. The molecule has 1 unspecified atom stereocenters. The van der Waals surface area contributed by atoms with Crippen molar-refractivity contribution in [3.63, 3.8) is 0 Å². The summed E-state index contributed by atoms with van der Waals surface area (Å²) in [6.45, 7) is 0.451. The molecule has 8 heteroatoms. The Kier molecular flexibility index (Phi) is 5.31. The van der Waals surface area contributed by atoms with E-state index in [0.717, 1.165) is 29.4 Å². The summed E-state index contributed by atoms with van der Waals surface area (Å²) >= 11 is 0. The van der Waals surface area contributed by atoms with Gasteiger partial charge in [0.15, 0.2) is 5.82 Å². The Morgan fingerprint density at radius 1 is 1.13 bits per heavy atom. The monoisotopic (exact) mass is 345 g/mol. The number of aromatic nitrogens is 2. The Bertz CT molecular complexity index is 611. The lowest BCUT2D eigenvalue weighted by Gasteiger charge is -2.28. The molecule has 6 nitrogen and oxygen atoms in total. The van der Waals surface area contributed by atoms with Crippen molar-refractivity contribution in [2.45, 2.75) is 63.7 Å². The van der Waals surface area contributed by atoms with E-state index in [-0.39, 0.29) is 19.0 Å². The predicted octanol–water partition coefficient (Wildman–Crippen LogP) is 2.98. The van der Waals surface area contributed by atoms with E-state index in [1.54, 1.807) is 0 Å². The maximum atomic E-state index is 13.1. The average Bonchev–Trinajstić information content (AvgIpc) is 2.80. The van der Waals surface area contributed by atoms with E-state index in [0.29, 0.717) is 24.7 Å². The maximum absolute atomic E-state index is 13.1. The van der Waals surface area contributed by atoms with E-state index >= 15 is 0 Å². The third-order valence-corrected chi connectivity index (χ3v) is 5.91. The number of hydrogen-bond donors (Lipinski definition) is 0. The van der Waals surface area contributed by atoms with Crippen molar-refractivity contribution in [2.24, 2.45) is 5.92 Å². The van der Waals surface area contributed by atoms with Gasteiger partial charge in [0.25, 0.3) is 0 Å². The minimum atomic E-state index is -4.60. The summed E-state index contributed by atoms with van der Waals surface area (Å²) in [5.41, 5.74) is 0. The Labute approximate surface area is 136 Å². The summed E-state index contributed by atoms with van der Waals surface area (Å²) < 4.78 is 41.5. The zero-order valence-electron chi connectivity index (χ0n) is 13.3. The molecule has 0 bridgehead atoms. The lowest BCUT2D eigenvalue weighted by Crippen LogP contribution is -2.38. The fourth-order valence-electron chi connectivity index (χ4n) is 3.69. The molecule has 3 rings (SSSR count). The highest BCUT2D eigenvalue weighted by atomic mass is 32.3. The van der Waals surface area contributed by atoms with Crippen LogP contribution in [0.2, 0.25) is 0 Å². The third-order valence-electron chi connectivity index (χ3n) is 4.96. The molecular weight excluding hydrogens is 321 g/mol. The van der Waals surface area contributed by atoms with Crippen LogP contribution in [0.3, 0.4) is 0 Å². The number of piperidine rings is 1. The average molecular weight is 345 g/mol. The predicted molar refractivity (Wildman–Crippen MR) is 82.8 cm³/mol. The summed E-state index contributed by atoms with van der Waals surface area (Å²) in [5, 5.41) is 4.12. The molecule has 0 amide bonds. The number of halogens is 1. The van der Waals surface area contributed by atoms with Crippen LogP contribution in [0.15, 0.2) is 4.52 Å². The third kappa shape index (κ3) is 4.50. The van der Waals surface area contributed by atoms with Crippen LogP contribution >= 0.6 is 0 Å². The van der Waals surface area contributed by atoms with Crippen molar-refractivity contribution in [3.8, 4) is 0 Å². The number of hydrogen-bond acceptors (Lipinski definition) is 5. The molecule has 1 aromatic rings. The highest BCUT2D eigenvalue weighted by Crippen LogP contribution is 2.30. The quantitative estimate of drug-likeness (QED) is 0.619. The zero-order chi connectivity index (χ0) is 16.3. The minimum Gasteiger partial charge on any atom is -0.339 e. The molecule has 1 saturated carbocycles. The van der Waals surface area contributed by atoms with Crippen molar-refractivity contribution in [3.05, 3.63) is 11.7 Å².